The number of benzene rings is 1. The monoisotopic (exact) mass is 292 g/mol. The van der Waals surface area contributed by atoms with E-state index >= 15 is 0 Å². The molecule has 1 aromatic carbocycles. The normalized spacial score (nSPS) is 10.3. The molecule has 0 radical (unpaired) electrons. The lowest BCUT2D eigenvalue weighted by Gasteiger charge is -2.23. The number of hydrogen-bond acceptors (Lipinski definition) is 5. The fourth-order valence-corrected chi connectivity index (χ4v) is 2.09. The zero-order valence-corrected chi connectivity index (χ0v) is 12.3. The van der Waals surface area contributed by atoms with Gasteiger partial charge in [-0.05, 0) is 18.6 Å². The molecule has 2 N–H and O–H groups in total. The number of rotatable bonds is 5. The van der Waals surface area contributed by atoms with Crippen molar-refractivity contribution in [3.8, 4) is 6.01 Å². The summed E-state index contributed by atoms with van der Waals surface area (Å²) in [5.41, 5.74) is 7.76. The van der Waals surface area contributed by atoms with Gasteiger partial charge in [0.25, 0.3) is 0 Å². The Morgan fingerprint density at radius 1 is 1.35 bits per heavy atom. The predicted octanol–water partition coefficient (Wildman–Crippen LogP) is 2.75. The number of para-hydroxylation sites is 1. The van der Waals surface area contributed by atoms with E-state index in [1.165, 1.54) is 7.11 Å². The molecule has 0 aliphatic heterocycles. The molecular weight excluding hydrogens is 276 g/mol. The number of halogens is 1. The number of aromatic nitrogens is 2. The van der Waals surface area contributed by atoms with Gasteiger partial charge in [-0.3, -0.25) is 0 Å². The van der Waals surface area contributed by atoms with Crippen LogP contribution in [0.3, 0.4) is 0 Å². The smallest absolute Gasteiger partial charge is 0.318 e. The van der Waals surface area contributed by atoms with Crippen molar-refractivity contribution >= 4 is 23.1 Å². The third kappa shape index (κ3) is 3.11. The van der Waals surface area contributed by atoms with Crippen molar-refractivity contribution in [1.82, 2.24) is 9.97 Å². The lowest BCUT2D eigenvalue weighted by Crippen LogP contribution is -2.24. The van der Waals surface area contributed by atoms with Gasteiger partial charge >= 0.3 is 6.01 Å². The van der Waals surface area contributed by atoms with E-state index in [1.54, 1.807) is 6.20 Å². The van der Waals surface area contributed by atoms with E-state index in [1.807, 2.05) is 36.1 Å². The van der Waals surface area contributed by atoms with Crippen LogP contribution in [0.1, 0.15) is 12.5 Å². The first kappa shape index (κ1) is 14.4. The van der Waals surface area contributed by atoms with E-state index in [0.717, 1.165) is 17.8 Å². The Morgan fingerprint density at radius 3 is 2.75 bits per heavy atom. The molecule has 0 saturated heterocycles. The van der Waals surface area contributed by atoms with Gasteiger partial charge in [-0.25, -0.2) is 4.98 Å². The summed E-state index contributed by atoms with van der Waals surface area (Å²) in [6.45, 7) is 3.40. The van der Waals surface area contributed by atoms with Crippen LogP contribution in [0.15, 0.2) is 30.5 Å². The van der Waals surface area contributed by atoms with Gasteiger partial charge in [-0.15, -0.1) is 0 Å². The summed E-state index contributed by atoms with van der Waals surface area (Å²) < 4.78 is 5.05. The summed E-state index contributed by atoms with van der Waals surface area (Å²) >= 11 is 6.18. The molecular formula is C14H17ClN4O. The molecule has 0 spiro atoms. The number of hydrogen-bond donors (Lipinski definition) is 1. The maximum absolute atomic E-state index is 6.18. The van der Waals surface area contributed by atoms with Crippen LogP contribution in [0.25, 0.3) is 0 Å². The summed E-state index contributed by atoms with van der Waals surface area (Å²) in [5.74, 6) is 0.643. The van der Waals surface area contributed by atoms with Gasteiger partial charge < -0.3 is 15.4 Å². The van der Waals surface area contributed by atoms with Gasteiger partial charge in [-0.2, -0.15) is 4.98 Å². The number of nitrogens with zero attached hydrogens (tertiary/aromatic N) is 3. The Kier molecular flexibility index (Phi) is 4.63. The van der Waals surface area contributed by atoms with E-state index in [2.05, 4.69) is 9.97 Å². The molecule has 0 amide bonds. The van der Waals surface area contributed by atoms with Crippen molar-refractivity contribution < 1.29 is 4.74 Å². The number of nitrogens with two attached hydrogens (primary N) is 1. The van der Waals surface area contributed by atoms with Gasteiger partial charge in [0.2, 0.25) is 0 Å². The van der Waals surface area contributed by atoms with Crippen LogP contribution >= 0.6 is 11.6 Å². The van der Waals surface area contributed by atoms with Gasteiger partial charge in [0.05, 0.1) is 13.3 Å². The Morgan fingerprint density at radius 2 is 2.10 bits per heavy atom. The second-order valence-electron chi connectivity index (χ2n) is 4.24. The highest BCUT2D eigenvalue weighted by Crippen LogP contribution is 2.26. The molecule has 1 aromatic heterocycles. The zero-order chi connectivity index (χ0) is 14.5. The minimum Gasteiger partial charge on any atom is -0.467 e. The Labute approximate surface area is 123 Å². The van der Waals surface area contributed by atoms with Crippen molar-refractivity contribution in [3.05, 3.63) is 41.0 Å². The van der Waals surface area contributed by atoms with Crippen molar-refractivity contribution in [2.45, 2.75) is 13.5 Å². The van der Waals surface area contributed by atoms with E-state index in [0.29, 0.717) is 23.4 Å². The molecule has 6 heteroatoms. The SMILES string of the molecule is CCN(Cc1ccccc1N)c1nc(OC)ncc1Cl. The number of methoxy groups -OCH3 is 1. The minimum atomic E-state index is 0.295. The molecule has 20 heavy (non-hydrogen) atoms. The van der Waals surface area contributed by atoms with E-state index in [4.69, 9.17) is 22.1 Å². The van der Waals surface area contributed by atoms with Crippen LogP contribution in [0.5, 0.6) is 6.01 Å². The molecule has 0 saturated carbocycles. The summed E-state index contributed by atoms with van der Waals surface area (Å²) in [6, 6.07) is 8.04. The van der Waals surface area contributed by atoms with Crippen molar-refractivity contribution in [1.29, 1.82) is 0 Å². The highest BCUT2D eigenvalue weighted by atomic mass is 35.5. The zero-order valence-electron chi connectivity index (χ0n) is 11.5. The maximum Gasteiger partial charge on any atom is 0.318 e. The molecule has 2 rings (SSSR count). The standard InChI is InChI=1S/C14H17ClN4O/c1-3-19(9-10-6-4-5-7-12(10)16)13-11(15)8-17-14(18-13)20-2/h4-8H,3,9,16H2,1-2H3. The first-order valence-corrected chi connectivity index (χ1v) is 6.68. The van der Waals surface area contributed by atoms with Crippen molar-refractivity contribution in [3.63, 3.8) is 0 Å². The lowest BCUT2D eigenvalue weighted by molar-refractivity contribution is 0.379. The summed E-state index contributed by atoms with van der Waals surface area (Å²) in [4.78, 5) is 10.3. The first-order valence-electron chi connectivity index (χ1n) is 6.30. The Bertz CT molecular complexity index is 591. The van der Waals surface area contributed by atoms with Gasteiger partial charge in [0.1, 0.15) is 5.02 Å². The number of ether oxygens (including phenoxy) is 1. The van der Waals surface area contributed by atoms with Crippen LogP contribution < -0.4 is 15.4 Å². The molecule has 0 aliphatic carbocycles. The van der Waals surface area contributed by atoms with Crippen molar-refractivity contribution in [2.75, 3.05) is 24.3 Å². The molecule has 0 bridgehead atoms. The Hall–Kier alpha value is -2.01. The van der Waals surface area contributed by atoms with Crippen LogP contribution in [-0.4, -0.2) is 23.6 Å². The van der Waals surface area contributed by atoms with Gasteiger partial charge in [0, 0.05) is 18.8 Å². The summed E-state index contributed by atoms with van der Waals surface area (Å²) in [6.07, 6.45) is 1.54. The quantitative estimate of drug-likeness (QED) is 0.859. The fraction of sp³-hybridized carbons (Fsp3) is 0.286. The van der Waals surface area contributed by atoms with Crippen LogP contribution in [0, 0.1) is 0 Å². The Balaban J connectivity index is 2.31. The van der Waals surface area contributed by atoms with Gasteiger partial charge in [-0.1, -0.05) is 29.8 Å². The summed E-state index contributed by atoms with van der Waals surface area (Å²) in [5, 5.41) is 0.488. The first-order chi connectivity index (χ1) is 9.65. The topological polar surface area (TPSA) is 64.3 Å². The molecule has 5 nitrogen and oxygen atoms in total. The highest BCUT2D eigenvalue weighted by Gasteiger charge is 2.14. The second-order valence-corrected chi connectivity index (χ2v) is 4.65. The van der Waals surface area contributed by atoms with Crippen LogP contribution in [0.4, 0.5) is 11.5 Å². The van der Waals surface area contributed by atoms with E-state index < -0.39 is 0 Å². The predicted molar refractivity (Wildman–Crippen MR) is 81.2 cm³/mol. The molecule has 0 atom stereocenters. The lowest BCUT2D eigenvalue weighted by atomic mass is 10.1. The molecule has 106 valence electrons. The third-order valence-corrected chi connectivity index (χ3v) is 3.25. The highest BCUT2D eigenvalue weighted by molar-refractivity contribution is 6.32. The minimum absolute atomic E-state index is 0.295. The van der Waals surface area contributed by atoms with E-state index in [9.17, 15) is 0 Å². The third-order valence-electron chi connectivity index (χ3n) is 2.98. The average Bonchev–Trinajstić information content (AvgIpc) is 2.47. The van der Waals surface area contributed by atoms with Crippen molar-refractivity contribution in [2.24, 2.45) is 0 Å². The molecule has 0 fully saturated rings. The molecule has 0 unspecified atom stereocenters. The fourth-order valence-electron chi connectivity index (χ4n) is 1.88. The maximum atomic E-state index is 6.18. The molecule has 0 aliphatic rings. The largest absolute Gasteiger partial charge is 0.467 e. The number of nitrogen functional groups attached to an aromatic ring is 1. The molecule has 2 aromatic rings. The van der Waals surface area contributed by atoms with Crippen LogP contribution in [-0.2, 0) is 6.54 Å². The van der Waals surface area contributed by atoms with E-state index in [-0.39, 0.29) is 0 Å². The van der Waals surface area contributed by atoms with Gasteiger partial charge in [0.15, 0.2) is 5.82 Å². The van der Waals surface area contributed by atoms with Crippen LogP contribution in [0.2, 0.25) is 5.02 Å². The average molecular weight is 293 g/mol. The second kappa shape index (κ2) is 6.43. The number of anilines is 2. The molecule has 1 heterocycles. The summed E-state index contributed by atoms with van der Waals surface area (Å²) in [7, 11) is 1.53.